The molecular weight excluding hydrogens is 274 g/mol. The van der Waals surface area contributed by atoms with E-state index in [1.54, 1.807) is 0 Å². The molecule has 1 N–H and O–H groups in total. The van der Waals surface area contributed by atoms with Crippen LogP contribution in [-0.2, 0) is 17.6 Å². The number of nitrogens with one attached hydrogen (secondary N) is 1. The van der Waals surface area contributed by atoms with Gasteiger partial charge in [0.05, 0.1) is 13.0 Å². The maximum absolute atomic E-state index is 11.9. The van der Waals surface area contributed by atoms with Gasteiger partial charge in [-0.3, -0.25) is 4.79 Å². The van der Waals surface area contributed by atoms with Crippen molar-refractivity contribution in [2.45, 2.75) is 26.7 Å². The molecule has 0 aliphatic rings. The van der Waals surface area contributed by atoms with E-state index in [2.05, 4.69) is 18.3 Å². The zero-order valence-corrected chi connectivity index (χ0v) is 13.3. The number of para-hydroxylation sites is 1. The van der Waals surface area contributed by atoms with Crippen molar-refractivity contribution in [3.63, 3.8) is 0 Å². The fourth-order valence-electron chi connectivity index (χ4n) is 2.24. The zero-order chi connectivity index (χ0) is 15.8. The Labute approximate surface area is 132 Å². The molecule has 0 radical (unpaired) electrons. The number of benzene rings is 2. The van der Waals surface area contributed by atoms with Gasteiger partial charge in [0.2, 0.25) is 5.91 Å². The predicted octanol–water partition coefficient (Wildman–Crippen LogP) is 3.30. The van der Waals surface area contributed by atoms with Crippen LogP contribution in [0.1, 0.15) is 23.6 Å². The minimum Gasteiger partial charge on any atom is -0.491 e. The second-order valence-electron chi connectivity index (χ2n) is 5.32. The molecule has 3 heteroatoms. The predicted molar refractivity (Wildman–Crippen MR) is 89.2 cm³/mol. The molecular formula is C19H23NO2. The van der Waals surface area contributed by atoms with Crippen molar-refractivity contribution in [3.05, 3.63) is 65.2 Å². The minimum absolute atomic E-state index is 0.0243. The zero-order valence-electron chi connectivity index (χ0n) is 13.3. The van der Waals surface area contributed by atoms with Crippen molar-refractivity contribution in [1.82, 2.24) is 5.32 Å². The highest BCUT2D eigenvalue weighted by molar-refractivity contribution is 5.78. The van der Waals surface area contributed by atoms with Crippen molar-refractivity contribution in [2.24, 2.45) is 0 Å². The molecule has 116 valence electrons. The fourth-order valence-corrected chi connectivity index (χ4v) is 2.24. The lowest BCUT2D eigenvalue weighted by atomic mass is 10.1. The lowest BCUT2D eigenvalue weighted by Gasteiger charge is -2.11. The minimum atomic E-state index is 0.0243. The van der Waals surface area contributed by atoms with Gasteiger partial charge in [0.25, 0.3) is 0 Å². The van der Waals surface area contributed by atoms with Gasteiger partial charge in [-0.25, -0.2) is 0 Å². The molecule has 0 saturated heterocycles. The summed E-state index contributed by atoms with van der Waals surface area (Å²) in [6.07, 6.45) is 1.35. The molecule has 0 bridgehead atoms. The molecule has 0 spiro atoms. The Balaban J connectivity index is 1.72. The van der Waals surface area contributed by atoms with E-state index in [9.17, 15) is 4.79 Å². The molecule has 0 aliphatic carbocycles. The number of hydrogen-bond donors (Lipinski definition) is 1. The van der Waals surface area contributed by atoms with Crippen LogP contribution in [0, 0.1) is 6.92 Å². The molecule has 3 nitrogen and oxygen atoms in total. The number of aryl methyl sites for hydroxylation is 2. The van der Waals surface area contributed by atoms with Crippen molar-refractivity contribution < 1.29 is 9.53 Å². The Morgan fingerprint density at radius 1 is 1.09 bits per heavy atom. The molecule has 0 aliphatic heterocycles. The summed E-state index contributed by atoms with van der Waals surface area (Å²) in [4.78, 5) is 11.9. The van der Waals surface area contributed by atoms with Crippen LogP contribution in [-0.4, -0.2) is 19.1 Å². The second kappa shape index (κ2) is 8.23. The lowest BCUT2D eigenvalue weighted by Crippen LogP contribution is -2.29. The van der Waals surface area contributed by atoms with Crippen molar-refractivity contribution in [1.29, 1.82) is 0 Å². The largest absolute Gasteiger partial charge is 0.491 e. The number of amides is 1. The van der Waals surface area contributed by atoms with Gasteiger partial charge in [-0.15, -0.1) is 0 Å². The van der Waals surface area contributed by atoms with Gasteiger partial charge in [-0.1, -0.05) is 55.0 Å². The van der Waals surface area contributed by atoms with Crippen LogP contribution in [0.4, 0.5) is 0 Å². The Morgan fingerprint density at radius 3 is 2.55 bits per heavy atom. The quantitative estimate of drug-likeness (QED) is 0.796. The smallest absolute Gasteiger partial charge is 0.224 e. The van der Waals surface area contributed by atoms with Gasteiger partial charge in [0, 0.05) is 0 Å². The van der Waals surface area contributed by atoms with E-state index >= 15 is 0 Å². The van der Waals surface area contributed by atoms with Gasteiger partial charge in [0.1, 0.15) is 12.4 Å². The standard InChI is InChI=1S/C19H23NO2/c1-3-17-6-4-5-7-18(17)22-13-12-20-19(21)14-16-10-8-15(2)9-11-16/h4-11H,3,12-14H2,1-2H3,(H,20,21). The monoisotopic (exact) mass is 297 g/mol. The molecule has 0 aromatic heterocycles. The van der Waals surface area contributed by atoms with E-state index in [0.29, 0.717) is 19.6 Å². The van der Waals surface area contributed by atoms with E-state index in [0.717, 1.165) is 17.7 Å². The molecule has 2 aromatic carbocycles. The molecule has 0 saturated carbocycles. The van der Waals surface area contributed by atoms with E-state index in [1.807, 2.05) is 49.4 Å². The average molecular weight is 297 g/mol. The molecule has 2 rings (SSSR count). The number of carbonyl (C=O) groups excluding carboxylic acids is 1. The molecule has 0 heterocycles. The second-order valence-corrected chi connectivity index (χ2v) is 5.32. The summed E-state index contributed by atoms with van der Waals surface area (Å²) in [5, 5.41) is 2.89. The first kappa shape index (κ1) is 16.1. The molecule has 1 amide bonds. The number of rotatable bonds is 7. The third kappa shape index (κ3) is 4.92. The van der Waals surface area contributed by atoms with Gasteiger partial charge >= 0.3 is 0 Å². The summed E-state index contributed by atoms with van der Waals surface area (Å²) in [7, 11) is 0. The molecule has 2 aromatic rings. The van der Waals surface area contributed by atoms with Crippen molar-refractivity contribution in [3.8, 4) is 5.75 Å². The molecule has 0 fully saturated rings. The molecule has 22 heavy (non-hydrogen) atoms. The normalized spacial score (nSPS) is 10.3. The van der Waals surface area contributed by atoms with E-state index in [-0.39, 0.29) is 5.91 Å². The van der Waals surface area contributed by atoms with Gasteiger partial charge in [0.15, 0.2) is 0 Å². The lowest BCUT2D eigenvalue weighted by molar-refractivity contribution is -0.120. The van der Waals surface area contributed by atoms with E-state index < -0.39 is 0 Å². The first-order chi connectivity index (χ1) is 10.7. The highest BCUT2D eigenvalue weighted by atomic mass is 16.5. The maximum atomic E-state index is 11.9. The summed E-state index contributed by atoms with van der Waals surface area (Å²) in [5.41, 5.74) is 3.42. The average Bonchev–Trinajstić information content (AvgIpc) is 2.54. The third-order valence-corrected chi connectivity index (χ3v) is 3.52. The SMILES string of the molecule is CCc1ccccc1OCCNC(=O)Cc1ccc(C)cc1. The summed E-state index contributed by atoms with van der Waals surface area (Å²) in [6, 6.07) is 16.0. The van der Waals surface area contributed by atoms with Crippen LogP contribution >= 0.6 is 0 Å². The summed E-state index contributed by atoms with van der Waals surface area (Å²) >= 11 is 0. The molecule has 0 unspecified atom stereocenters. The number of ether oxygens (including phenoxy) is 1. The van der Waals surface area contributed by atoms with Crippen LogP contribution in [0.2, 0.25) is 0 Å². The van der Waals surface area contributed by atoms with E-state index in [4.69, 9.17) is 4.74 Å². The summed E-state index contributed by atoms with van der Waals surface area (Å²) in [5.74, 6) is 0.925. The van der Waals surface area contributed by atoms with Gasteiger partial charge in [-0.05, 0) is 30.5 Å². The Bertz CT molecular complexity index is 605. The molecule has 0 atom stereocenters. The van der Waals surface area contributed by atoms with Crippen LogP contribution in [0.3, 0.4) is 0 Å². The van der Waals surface area contributed by atoms with Crippen molar-refractivity contribution >= 4 is 5.91 Å². The van der Waals surface area contributed by atoms with Crippen LogP contribution < -0.4 is 10.1 Å². The topological polar surface area (TPSA) is 38.3 Å². The third-order valence-electron chi connectivity index (χ3n) is 3.52. The first-order valence-electron chi connectivity index (χ1n) is 7.72. The highest BCUT2D eigenvalue weighted by Crippen LogP contribution is 2.17. The first-order valence-corrected chi connectivity index (χ1v) is 7.72. The van der Waals surface area contributed by atoms with Crippen LogP contribution in [0.25, 0.3) is 0 Å². The van der Waals surface area contributed by atoms with E-state index in [1.165, 1.54) is 11.1 Å². The number of carbonyl (C=O) groups is 1. The van der Waals surface area contributed by atoms with Crippen LogP contribution in [0.5, 0.6) is 5.75 Å². The fraction of sp³-hybridized carbons (Fsp3) is 0.316. The summed E-state index contributed by atoms with van der Waals surface area (Å²) in [6.45, 7) is 5.14. The Hall–Kier alpha value is -2.29. The van der Waals surface area contributed by atoms with Gasteiger partial charge in [-0.2, -0.15) is 0 Å². The Kier molecular flexibility index (Phi) is 6.01. The van der Waals surface area contributed by atoms with Gasteiger partial charge < -0.3 is 10.1 Å². The van der Waals surface area contributed by atoms with Crippen LogP contribution in [0.15, 0.2) is 48.5 Å². The van der Waals surface area contributed by atoms with Crippen molar-refractivity contribution in [2.75, 3.05) is 13.2 Å². The highest BCUT2D eigenvalue weighted by Gasteiger charge is 2.04. The summed E-state index contributed by atoms with van der Waals surface area (Å²) < 4.78 is 5.73. The Morgan fingerprint density at radius 2 is 1.82 bits per heavy atom. The maximum Gasteiger partial charge on any atom is 0.224 e. The number of hydrogen-bond acceptors (Lipinski definition) is 2.